The van der Waals surface area contributed by atoms with Gasteiger partial charge in [-0.1, -0.05) is 107 Å². The van der Waals surface area contributed by atoms with Gasteiger partial charge in [-0.3, -0.25) is 10.2 Å². The molecular weight excluding hydrogens is 380 g/mol. The molecular formula is C29H42O2. The van der Waals surface area contributed by atoms with Gasteiger partial charge in [-0.05, 0) is 32.8 Å². The SMILES string of the molecule is CC(C)(C)c1cc(Cc2cc(C(C)(C)C)cc(C(C)(C)C)c2[O])c([O])c(C(C)(C)C)c1. The lowest BCUT2D eigenvalue weighted by Crippen LogP contribution is -2.18. The quantitative estimate of drug-likeness (QED) is 0.464. The maximum atomic E-state index is 13.5. The molecule has 2 aromatic rings. The minimum Gasteiger partial charge on any atom is -0.289 e. The van der Waals surface area contributed by atoms with Crippen LogP contribution in [0.4, 0.5) is 0 Å². The van der Waals surface area contributed by atoms with Gasteiger partial charge < -0.3 is 0 Å². The first-order valence-electron chi connectivity index (χ1n) is 11.4. The molecule has 0 unspecified atom stereocenters. The van der Waals surface area contributed by atoms with Crippen LogP contribution in [0.3, 0.4) is 0 Å². The van der Waals surface area contributed by atoms with Crippen molar-refractivity contribution in [3.05, 3.63) is 57.6 Å². The first-order valence-corrected chi connectivity index (χ1v) is 11.4. The van der Waals surface area contributed by atoms with Gasteiger partial charge in [-0.2, -0.15) is 0 Å². The Morgan fingerprint density at radius 2 is 0.774 bits per heavy atom. The van der Waals surface area contributed by atoms with Crippen LogP contribution in [-0.2, 0) is 38.3 Å². The molecule has 2 aromatic carbocycles. The van der Waals surface area contributed by atoms with Crippen LogP contribution in [0.5, 0.6) is 11.5 Å². The van der Waals surface area contributed by atoms with Crippen LogP contribution in [0.15, 0.2) is 24.3 Å². The summed E-state index contributed by atoms with van der Waals surface area (Å²) in [6.07, 6.45) is 0.373. The Bertz CT molecular complexity index is 873. The average Bonchev–Trinajstić information content (AvgIpc) is 2.53. The molecule has 0 aliphatic rings. The van der Waals surface area contributed by atoms with Gasteiger partial charge in [0.05, 0.1) is 0 Å². The minimum absolute atomic E-state index is 0.0679. The van der Waals surface area contributed by atoms with Crippen LogP contribution in [0, 0.1) is 0 Å². The van der Waals surface area contributed by atoms with E-state index in [2.05, 4.69) is 95.2 Å². The molecule has 0 amide bonds. The highest BCUT2D eigenvalue weighted by Crippen LogP contribution is 2.42. The average molecular weight is 423 g/mol. The maximum absolute atomic E-state index is 13.5. The fraction of sp³-hybridized carbons (Fsp3) is 0.586. The second kappa shape index (κ2) is 7.87. The largest absolute Gasteiger partial charge is 0.289 e. The lowest BCUT2D eigenvalue weighted by molar-refractivity contribution is 0.331. The summed E-state index contributed by atoms with van der Waals surface area (Å²) in [5.41, 5.74) is 4.72. The maximum Gasteiger partial charge on any atom is 0.185 e. The Hall–Kier alpha value is -1.96. The van der Waals surface area contributed by atoms with E-state index in [4.69, 9.17) is 0 Å². The van der Waals surface area contributed by atoms with Gasteiger partial charge in [0.25, 0.3) is 0 Å². The second-order valence-corrected chi connectivity index (χ2v) is 13.2. The van der Waals surface area contributed by atoms with Crippen LogP contribution in [-0.4, -0.2) is 0 Å². The van der Waals surface area contributed by atoms with Crippen molar-refractivity contribution in [3.63, 3.8) is 0 Å². The monoisotopic (exact) mass is 422 g/mol. The van der Waals surface area contributed by atoms with Gasteiger partial charge >= 0.3 is 0 Å². The molecule has 2 heteroatoms. The van der Waals surface area contributed by atoms with Gasteiger partial charge in [-0.15, -0.1) is 0 Å². The summed E-state index contributed by atoms with van der Waals surface area (Å²) in [6.45, 7) is 25.5. The predicted octanol–water partition coefficient (Wildman–Crippen LogP) is 8.76. The van der Waals surface area contributed by atoms with Crippen LogP contribution in [0.1, 0.15) is 116 Å². The number of hydrogen-bond acceptors (Lipinski definition) is 0. The van der Waals surface area contributed by atoms with Crippen LogP contribution in [0.25, 0.3) is 0 Å². The zero-order chi connectivity index (χ0) is 24.2. The summed E-state index contributed by atoms with van der Waals surface area (Å²) < 4.78 is 0. The first-order chi connectivity index (χ1) is 13.7. The predicted molar refractivity (Wildman–Crippen MR) is 131 cm³/mol. The molecule has 0 heterocycles. The molecule has 0 bridgehead atoms. The Morgan fingerprint density at radius 1 is 0.484 bits per heavy atom. The molecule has 2 rings (SSSR count). The number of benzene rings is 2. The Kier molecular flexibility index (Phi) is 6.42. The van der Waals surface area contributed by atoms with Crippen LogP contribution < -0.4 is 0 Å². The van der Waals surface area contributed by atoms with Gasteiger partial charge in [0.15, 0.2) is 11.5 Å². The fourth-order valence-corrected chi connectivity index (χ4v) is 3.83. The van der Waals surface area contributed by atoms with E-state index >= 15 is 0 Å². The topological polar surface area (TPSA) is 39.8 Å². The summed E-state index contributed by atoms with van der Waals surface area (Å²) in [5.74, 6) is 0.136. The van der Waals surface area contributed by atoms with Crippen molar-refractivity contribution >= 4 is 0 Å². The Balaban J connectivity index is 2.78. The lowest BCUT2D eigenvalue weighted by atomic mass is 9.76. The first kappa shape index (κ1) is 25.3. The van der Waals surface area contributed by atoms with Crippen molar-refractivity contribution < 1.29 is 10.2 Å². The summed E-state index contributed by atoms with van der Waals surface area (Å²) >= 11 is 0. The second-order valence-electron chi connectivity index (χ2n) is 13.2. The molecule has 0 aromatic heterocycles. The third kappa shape index (κ3) is 5.64. The van der Waals surface area contributed by atoms with Crippen molar-refractivity contribution in [1.29, 1.82) is 0 Å². The summed E-state index contributed by atoms with van der Waals surface area (Å²) in [6, 6.07) is 8.18. The van der Waals surface area contributed by atoms with Gasteiger partial charge in [-0.25, -0.2) is 0 Å². The molecule has 0 aliphatic carbocycles. The van der Waals surface area contributed by atoms with Crippen molar-refractivity contribution in [3.8, 4) is 11.5 Å². The van der Waals surface area contributed by atoms with E-state index < -0.39 is 0 Å². The minimum atomic E-state index is -0.253. The highest BCUT2D eigenvalue weighted by Gasteiger charge is 2.29. The molecule has 170 valence electrons. The molecule has 0 aliphatic heterocycles. The standard InChI is InChI=1S/C29H42O2/c1-26(2,3)20-14-18(24(30)22(16-20)28(7,8)9)13-19-15-21(27(4,5)6)17-23(25(19)31)29(10,11)12/h14-17H,13H2,1-12H3. The van der Waals surface area contributed by atoms with Crippen molar-refractivity contribution in [2.75, 3.05) is 0 Å². The zero-order valence-corrected chi connectivity index (χ0v) is 21.8. The smallest absolute Gasteiger partial charge is 0.185 e. The normalized spacial score (nSPS) is 13.5. The third-order valence-corrected chi connectivity index (χ3v) is 6.06. The van der Waals surface area contributed by atoms with E-state index in [0.29, 0.717) is 6.42 Å². The van der Waals surface area contributed by atoms with E-state index in [1.165, 1.54) is 0 Å². The summed E-state index contributed by atoms with van der Waals surface area (Å²) in [5, 5.41) is 26.9. The van der Waals surface area contributed by atoms with Crippen LogP contribution >= 0.6 is 0 Å². The summed E-state index contributed by atoms with van der Waals surface area (Å²) in [4.78, 5) is 0. The van der Waals surface area contributed by atoms with E-state index in [-0.39, 0.29) is 33.2 Å². The van der Waals surface area contributed by atoms with Crippen molar-refractivity contribution in [2.24, 2.45) is 0 Å². The van der Waals surface area contributed by atoms with Crippen molar-refractivity contribution in [1.82, 2.24) is 0 Å². The Morgan fingerprint density at radius 3 is 1.00 bits per heavy atom. The molecule has 31 heavy (non-hydrogen) atoms. The van der Waals surface area contributed by atoms with Crippen molar-refractivity contribution in [2.45, 2.75) is 111 Å². The van der Waals surface area contributed by atoms with E-state index in [1.54, 1.807) is 0 Å². The molecule has 0 atom stereocenters. The van der Waals surface area contributed by atoms with Gasteiger partial charge in [0.2, 0.25) is 0 Å². The highest BCUT2D eigenvalue weighted by molar-refractivity contribution is 5.54. The van der Waals surface area contributed by atoms with E-state index in [1.807, 2.05) is 12.1 Å². The highest BCUT2D eigenvalue weighted by atomic mass is 16.3. The zero-order valence-electron chi connectivity index (χ0n) is 21.8. The van der Waals surface area contributed by atoms with Gasteiger partial charge in [0.1, 0.15) is 0 Å². The van der Waals surface area contributed by atoms with E-state index in [0.717, 1.165) is 33.4 Å². The number of hydrogen-bond donors (Lipinski definition) is 0. The fourth-order valence-electron chi connectivity index (χ4n) is 3.83. The Labute approximate surface area is 190 Å². The summed E-state index contributed by atoms with van der Waals surface area (Å²) in [7, 11) is 0. The molecule has 0 N–H and O–H groups in total. The lowest BCUT2D eigenvalue weighted by Gasteiger charge is -2.28. The molecule has 2 nitrogen and oxygen atoms in total. The molecule has 0 saturated heterocycles. The molecule has 0 fully saturated rings. The van der Waals surface area contributed by atoms with Crippen LogP contribution in [0.2, 0.25) is 0 Å². The molecule has 0 saturated carbocycles. The van der Waals surface area contributed by atoms with E-state index in [9.17, 15) is 10.2 Å². The third-order valence-electron chi connectivity index (χ3n) is 6.06. The number of rotatable bonds is 2. The molecule has 2 radical (unpaired) electrons. The molecule has 0 spiro atoms. The van der Waals surface area contributed by atoms with Gasteiger partial charge in [0, 0.05) is 28.7 Å².